The van der Waals surface area contributed by atoms with Gasteiger partial charge < -0.3 is 9.47 Å². The number of amides is 1. The van der Waals surface area contributed by atoms with Gasteiger partial charge in [0, 0.05) is 6.54 Å². The number of rotatable bonds is 6. The number of carbonyl (C=O) groups is 1. The van der Waals surface area contributed by atoms with Crippen molar-refractivity contribution in [1.82, 2.24) is 14.9 Å². The number of benzene rings is 2. The first kappa shape index (κ1) is 20.3. The van der Waals surface area contributed by atoms with Gasteiger partial charge in [0.15, 0.2) is 11.5 Å². The summed E-state index contributed by atoms with van der Waals surface area (Å²) in [6.07, 6.45) is 4.06. The van der Waals surface area contributed by atoms with Crippen molar-refractivity contribution in [2.75, 3.05) is 20.8 Å². The topological polar surface area (TPSA) is 64.5 Å². The number of aromatic nitrogens is 2. The van der Waals surface area contributed by atoms with E-state index >= 15 is 0 Å². The third-order valence-corrected chi connectivity index (χ3v) is 6.07. The quantitative estimate of drug-likeness (QED) is 0.425. The number of methoxy groups -OCH3 is 2. The number of ether oxygens (including phenoxy) is 2. The Bertz CT molecular complexity index is 1160. The fourth-order valence-corrected chi connectivity index (χ4v) is 4.44. The van der Waals surface area contributed by atoms with Crippen molar-refractivity contribution in [2.45, 2.75) is 6.42 Å². The number of hydrogen-bond donors (Lipinski definition) is 0. The molecule has 30 heavy (non-hydrogen) atoms. The van der Waals surface area contributed by atoms with Gasteiger partial charge in [-0.05, 0) is 42.3 Å². The third kappa shape index (κ3) is 4.15. The molecule has 3 aromatic rings. The summed E-state index contributed by atoms with van der Waals surface area (Å²) in [7, 11) is 3.20. The summed E-state index contributed by atoms with van der Waals surface area (Å²) in [5.74, 6) is 1.22. The zero-order valence-electron chi connectivity index (χ0n) is 16.5. The zero-order valence-corrected chi connectivity index (χ0v) is 18.1. The fourth-order valence-electron chi connectivity index (χ4n) is 3.15. The molecule has 0 aliphatic carbocycles. The van der Waals surface area contributed by atoms with Gasteiger partial charge in [0.1, 0.15) is 4.32 Å². The summed E-state index contributed by atoms with van der Waals surface area (Å²) in [6, 6.07) is 13.4. The van der Waals surface area contributed by atoms with Gasteiger partial charge in [-0.3, -0.25) is 14.7 Å². The molecule has 0 saturated carbocycles. The van der Waals surface area contributed by atoms with Crippen LogP contribution in [0.2, 0.25) is 0 Å². The van der Waals surface area contributed by atoms with Crippen molar-refractivity contribution >= 4 is 51.3 Å². The van der Waals surface area contributed by atoms with Crippen molar-refractivity contribution in [3.05, 3.63) is 64.8 Å². The average molecular weight is 438 g/mol. The minimum Gasteiger partial charge on any atom is -0.493 e. The van der Waals surface area contributed by atoms with E-state index in [9.17, 15) is 4.79 Å². The lowest BCUT2D eigenvalue weighted by atomic mass is 10.1. The first-order valence-corrected chi connectivity index (χ1v) is 10.5. The molecule has 1 aliphatic heterocycles. The second kappa shape index (κ2) is 8.81. The highest BCUT2D eigenvalue weighted by Gasteiger charge is 2.31. The second-order valence-corrected chi connectivity index (χ2v) is 8.23. The van der Waals surface area contributed by atoms with Crippen LogP contribution in [0.3, 0.4) is 0 Å². The Morgan fingerprint density at radius 3 is 2.63 bits per heavy atom. The highest BCUT2D eigenvalue weighted by Crippen LogP contribution is 2.33. The van der Waals surface area contributed by atoms with Crippen molar-refractivity contribution in [3.8, 4) is 11.5 Å². The van der Waals surface area contributed by atoms with Gasteiger partial charge in [0.05, 0.1) is 42.0 Å². The van der Waals surface area contributed by atoms with E-state index in [2.05, 4.69) is 9.97 Å². The lowest BCUT2D eigenvalue weighted by Gasteiger charge is -2.15. The van der Waals surface area contributed by atoms with Crippen LogP contribution in [0.5, 0.6) is 11.5 Å². The van der Waals surface area contributed by atoms with Crippen LogP contribution in [-0.2, 0) is 11.2 Å². The van der Waals surface area contributed by atoms with Crippen LogP contribution < -0.4 is 9.47 Å². The molecule has 1 aliphatic rings. The molecule has 0 N–H and O–H groups in total. The summed E-state index contributed by atoms with van der Waals surface area (Å²) in [5.41, 5.74) is 3.27. The molecular weight excluding hydrogens is 418 g/mol. The van der Waals surface area contributed by atoms with Crippen molar-refractivity contribution in [2.24, 2.45) is 0 Å². The van der Waals surface area contributed by atoms with Gasteiger partial charge in [-0.25, -0.2) is 4.98 Å². The molecule has 2 heterocycles. The maximum atomic E-state index is 12.9. The molecule has 8 heteroatoms. The van der Waals surface area contributed by atoms with E-state index in [0.29, 0.717) is 39.4 Å². The summed E-state index contributed by atoms with van der Waals surface area (Å²) < 4.78 is 11.2. The fraction of sp³-hybridized carbons (Fsp3) is 0.182. The first-order valence-electron chi connectivity index (χ1n) is 9.27. The molecule has 1 saturated heterocycles. The van der Waals surface area contributed by atoms with Crippen LogP contribution in [0.1, 0.15) is 11.3 Å². The average Bonchev–Trinajstić information content (AvgIpc) is 3.04. The first-order chi connectivity index (χ1) is 14.6. The molecular formula is C22H19N3O3S2. The van der Waals surface area contributed by atoms with E-state index in [4.69, 9.17) is 21.7 Å². The Morgan fingerprint density at radius 1 is 1.10 bits per heavy atom. The van der Waals surface area contributed by atoms with Gasteiger partial charge in [-0.1, -0.05) is 42.2 Å². The molecule has 0 spiro atoms. The number of carbonyl (C=O) groups excluding carboxylic acids is 1. The highest BCUT2D eigenvalue weighted by molar-refractivity contribution is 8.26. The van der Waals surface area contributed by atoms with E-state index in [1.54, 1.807) is 31.4 Å². The van der Waals surface area contributed by atoms with Crippen LogP contribution in [0.4, 0.5) is 0 Å². The van der Waals surface area contributed by atoms with E-state index in [0.717, 1.165) is 16.6 Å². The van der Waals surface area contributed by atoms with E-state index in [-0.39, 0.29) is 5.91 Å². The van der Waals surface area contributed by atoms with Crippen LogP contribution in [0.15, 0.2) is 53.6 Å². The van der Waals surface area contributed by atoms with Crippen LogP contribution >= 0.6 is 24.0 Å². The van der Waals surface area contributed by atoms with Crippen LogP contribution in [0, 0.1) is 0 Å². The molecule has 0 atom stereocenters. The number of hydrogen-bond acceptors (Lipinski definition) is 7. The zero-order chi connectivity index (χ0) is 21.1. The van der Waals surface area contributed by atoms with Gasteiger partial charge in [0.25, 0.3) is 5.91 Å². The predicted octanol–water partition coefficient (Wildman–Crippen LogP) is 4.09. The maximum Gasteiger partial charge on any atom is 0.266 e. The van der Waals surface area contributed by atoms with Gasteiger partial charge in [0.2, 0.25) is 0 Å². The molecule has 0 bridgehead atoms. The standard InChI is InChI=1S/C22H19N3O3S2/c1-27-18-8-7-14(11-19(18)28-2)9-10-25-21(26)20(30-22(25)29)12-15-13-23-16-5-3-4-6-17(16)24-15/h3-8,11-13H,9-10H2,1-2H3/b20-12+. The molecule has 1 aromatic heterocycles. The Balaban J connectivity index is 1.49. The Hall–Kier alpha value is -2.97. The second-order valence-electron chi connectivity index (χ2n) is 6.56. The summed E-state index contributed by atoms with van der Waals surface area (Å²) in [5, 5.41) is 0. The van der Waals surface area contributed by atoms with Gasteiger partial charge in [-0.15, -0.1) is 0 Å². The molecule has 0 unspecified atom stereocenters. The number of fused-ring (bicyclic) bond motifs is 1. The van der Waals surface area contributed by atoms with E-state index < -0.39 is 0 Å². The molecule has 6 nitrogen and oxygen atoms in total. The maximum absolute atomic E-state index is 12.9. The summed E-state index contributed by atoms with van der Waals surface area (Å²) in [6.45, 7) is 0.487. The molecule has 152 valence electrons. The number of nitrogens with zero attached hydrogens (tertiary/aromatic N) is 3. The monoisotopic (exact) mass is 437 g/mol. The Morgan fingerprint density at radius 2 is 1.87 bits per heavy atom. The minimum absolute atomic E-state index is 0.111. The molecule has 4 rings (SSSR count). The largest absolute Gasteiger partial charge is 0.493 e. The summed E-state index contributed by atoms with van der Waals surface area (Å²) in [4.78, 5) is 24.0. The summed E-state index contributed by atoms with van der Waals surface area (Å²) >= 11 is 6.73. The van der Waals surface area contributed by atoms with Crippen LogP contribution in [-0.4, -0.2) is 45.9 Å². The minimum atomic E-state index is -0.111. The smallest absolute Gasteiger partial charge is 0.266 e. The highest BCUT2D eigenvalue weighted by atomic mass is 32.2. The van der Waals surface area contributed by atoms with Crippen LogP contribution in [0.25, 0.3) is 17.1 Å². The van der Waals surface area contributed by atoms with Crippen molar-refractivity contribution in [3.63, 3.8) is 0 Å². The van der Waals surface area contributed by atoms with E-state index in [1.165, 1.54) is 11.8 Å². The van der Waals surface area contributed by atoms with Crippen molar-refractivity contribution in [1.29, 1.82) is 0 Å². The lowest BCUT2D eigenvalue weighted by molar-refractivity contribution is -0.122. The van der Waals surface area contributed by atoms with Gasteiger partial charge >= 0.3 is 0 Å². The molecule has 1 amide bonds. The SMILES string of the molecule is COc1ccc(CCN2C(=O)/C(=C\c3cnc4ccccc4n3)SC2=S)cc1OC. The van der Waals surface area contributed by atoms with Crippen molar-refractivity contribution < 1.29 is 14.3 Å². The molecule has 2 aromatic carbocycles. The third-order valence-electron chi connectivity index (χ3n) is 4.69. The molecule has 0 radical (unpaired) electrons. The predicted molar refractivity (Wildman–Crippen MR) is 123 cm³/mol. The lowest BCUT2D eigenvalue weighted by Crippen LogP contribution is -2.30. The Kier molecular flexibility index (Phi) is 5.96. The van der Waals surface area contributed by atoms with E-state index in [1.807, 2.05) is 42.5 Å². The molecule has 1 fully saturated rings. The number of thiocarbonyl (C=S) groups is 1. The number of thioether (sulfide) groups is 1. The Labute approximate surface area is 183 Å². The number of para-hydroxylation sites is 2. The van der Waals surface area contributed by atoms with Gasteiger partial charge in [-0.2, -0.15) is 0 Å². The normalized spacial score (nSPS) is 15.3.